The van der Waals surface area contributed by atoms with Crippen LogP contribution >= 0.6 is 0 Å². The highest BCUT2D eigenvalue weighted by atomic mass is 14.6. The average molecular weight is 366 g/mol. The second kappa shape index (κ2) is 19.3. The van der Waals surface area contributed by atoms with Crippen LogP contribution in [0, 0.1) is 5.92 Å². The van der Waals surface area contributed by atoms with Crippen LogP contribution in [0.3, 0.4) is 0 Å². The first-order valence-electron chi connectivity index (χ1n) is 12.0. The Kier molecular flexibility index (Phi) is 19.0. The maximum atomic E-state index is 5.88. The van der Waals surface area contributed by atoms with Crippen LogP contribution in [0.1, 0.15) is 143 Å². The third-order valence-corrected chi connectivity index (χ3v) is 6.10. The fourth-order valence-electron chi connectivity index (χ4n) is 3.78. The minimum Gasteiger partial charge on any atom is -0.402 e. The third kappa shape index (κ3) is 17.0. The van der Waals surface area contributed by atoms with Crippen molar-refractivity contribution in [2.75, 3.05) is 0 Å². The molecule has 26 heavy (non-hydrogen) atoms. The summed E-state index contributed by atoms with van der Waals surface area (Å²) in [6.45, 7) is 8.83. The average Bonchev–Trinajstić information content (AvgIpc) is 2.63. The zero-order valence-electron chi connectivity index (χ0n) is 18.9. The van der Waals surface area contributed by atoms with Crippen molar-refractivity contribution in [3.05, 3.63) is 11.3 Å². The van der Waals surface area contributed by atoms with Gasteiger partial charge in [0.15, 0.2) is 0 Å². The smallest absolute Gasteiger partial charge is 0.00406 e. The number of hydrogen-bond donors (Lipinski definition) is 1. The Balaban J connectivity index is 3.17. The van der Waals surface area contributed by atoms with Crippen LogP contribution in [0.25, 0.3) is 0 Å². The van der Waals surface area contributed by atoms with Crippen LogP contribution in [0.15, 0.2) is 11.3 Å². The summed E-state index contributed by atoms with van der Waals surface area (Å²) in [5.41, 5.74) is 8.29. The standard InChI is InChI=1S/C25H51N/c1-5-6-7-8-9-10-11-12-13-14-15-16-17-18-19-20-21-22-23(2)24(3)25(4)26/h23H,5-22,26H2,1-4H3. The molecule has 0 aliphatic heterocycles. The van der Waals surface area contributed by atoms with Gasteiger partial charge >= 0.3 is 0 Å². The van der Waals surface area contributed by atoms with Crippen LogP contribution in [0.2, 0.25) is 0 Å². The molecule has 0 aromatic carbocycles. The van der Waals surface area contributed by atoms with E-state index in [9.17, 15) is 0 Å². The van der Waals surface area contributed by atoms with Crippen molar-refractivity contribution in [1.82, 2.24) is 0 Å². The highest BCUT2D eigenvalue weighted by Gasteiger charge is 2.05. The molecule has 1 nitrogen and oxygen atoms in total. The van der Waals surface area contributed by atoms with Crippen LogP contribution in [-0.4, -0.2) is 0 Å². The van der Waals surface area contributed by atoms with Gasteiger partial charge in [-0.2, -0.15) is 0 Å². The lowest BCUT2D eigenvalue weighted by molar-refractivity contribution is 0.508. The molecule has 0 aromatic heterocycles. The van der Waals surface area contributed by atoms with Gasteiger partial charge in [-0.05, 0) is 26.2 Å². The van der Waals surface area contributed by atoms with Crippen LogP contribution < -0.4 is 5.73 Å². The fourth-order valence-corrected chi connectivity index (χ4v) is 3.78. The summed E-state index contributed by atoms with van der Waals surface area (Å²) in [5, 5.41) is 0. The van der Waals surface area contributed by atoms with E-state index in [1.807, 2.05) is 6.92 Å². The second-order valence-corrected chi connectivity index (χ2v) is 8.71. The first kappa shape index (κ1) is 25.5. The fraction of sp³-hybridized carbons (Fsp3) is 0.920. The van der Waals surface area contributed by atoms with Crippen molar-refractivity contribution < 1.29 is 0 Å². The van der Waals surface area contributed by atoms with Gasteiger partial charge in [0.05, 0.1) is 0 Å². The van der Waals surface area contributed by atoms with Crippen LogP contribution in [0.5, 0.6) is 0 Å². The SMILES string of the molecule is CCCCCCCCCCCCCCCCCCCC(C)C(C)=C(C)N. The summed E-state index contributed by atoms with van der Waals surface area (Å²) in [6.07, 6.45) is 25.9. The molecule has 0 amide bonds. The predicted molar refractivity (Wildman–Crippen MR) is 121 cm³/mol. The Morgan fingerprint density at radius 3 is 1.19 bits per heavy atom. The van der Waals surface area contributed by atoms with Gasteiger partial charge in [-0.15, -0.1) is 0 Å². The Bertz CT molecular complexity index is 314. The molecule has 0 aromatic rings. The zero-order valence-corrected chi connectivity index (χ0v) is 18.9. The Labute approximate surface area is 166 Å². The van der Waals surface area contributed by atoms with Crippen molar-refractivity contribution in [1.29, 1.82) is 0 Å². The molecule has 2 N–H and O–H groups in total. The molecule has 0 fully saturated rings. The lowest BCUT2D eigenvalue weighted by Gasteiger charge is -2.13. The molecule has 0 saturated carbocycles. The highest BCUT2D eigenvalue weighted by Crippen LogP contribution is 2.20. The first-order valence-corrected chi connectivity index (χ1v) is 12.0. The summed E-state index contributed by atoms with van der Waals surface area (Å²) in [7, 11) is 0. The third-order valence-electron chi connectivity index (χ3n) is 6.10. The first-order chi connectivity index (χ1) is 12.6. The maximum absolute atomic E-state index is 5.88. The monoisotopic (exact) mass is 365 g/mol. The van der Waals surface area contributed by atoms with E-state index in [0.717, 1.165) is 5.70 Å². The highest BCUT2D eigenvalue weighted by molar-refractivity contribution is 5.08. The van der Waals surface area contributed by atoms with Crippen LogP contribution in [-0.2, 0) is 0 Å². The van der Waals surface area contributed by atoms with Gasteiger partial charge in [-0.25, -0.2) is 0 Å². The van der Waals surface area contributed by atoms with Crippen molar-refractivity contribution in [3.8, 4) is 0 Å². The van der Waals surface area contributed by atoms with Crippen molar-refractivity contribution in [2.24, 2.45) is 11.7 Å². The summed E-state index contributed by atoms with van der Waals surface area (Å²) < 4.78 is 0. The molecule has 1 heteroatoms. The molecule has 0 heterocycles. The molecule has 1 unspecified atom stereocenters. The van der Waals surface area contributed by atoms with Gasteiger partial charge in [0.2, 0.25) is 0 Å². The van der Waals surface area contributed by atoms with Gasteiger partial charge in [0.25, 0.3) is 0 Å². The molecule has 0 rings (SSSR count). The normalized spacial score (nSPS) is 13.7. The van der Waals surface area contributed by atoms with Crippen molar-refractivity contribution in [2.45, 2.75) is 143 Å². The van der Waals surface area contributed by atoms with E-state index in [0.29, 0.717) is 5.92 Å². The summed E-state index contributed by atoms with van der Waals surface area (Å²) in [4.78, 5) is 0. The number of rotatable bonds is 19. The number of hydrogen-bond acceptors (Lipinski definition) is 1. The minimum absolute atomic E-state index is 0.663. The number of nitrogens with two attached hydrogens (primary N) is 1. The lowest BCUT2D eigenvalue weighted by atomic mass is 9.94. The van der Waals surface area contributed by atoms with Gasteiger partial charge < -0.3 is 5.73 Å². The van der Waals surface area contributed by atoms with Gasteiger partial charge in [0.1, 0.15) is 0 Å². The Morgan fingerprint density at radius 1 is 0.577 bits per heavy atom. The molecule has 0 bridgehead atoms. The molecular formula is C25H51N. The molecule has 0 radical (unpaired) electrons. The molecule has 0 saturated heterocycles. The molecule has 1 atom stereocenters. The Morgan fingerprint density at radius 2 is 0.885 bits per heavy atom. The summed E-state index contributed by atoms with van der Waals surface area (Å²) in [5.74, 6) is 0.663. The van der Waals surface area contributed by atoms with Gasteiger partial charge in [-0.1, -0.05) is 129 Å². The zero-order chi connectivity index (χ0) is 19.5. The van der Waals surface area contributed by atoms with E-state index in [-0.39, 0.29) is 0 Å². The van der Waals surface area contributed by atoms with E-state index in [1.165, 1.54) is 121 Å². The molecule has 0 aliphatic rings. The summed E-state index contributed by atoms with van der Waals surface area (Å²) in [6, 6.07) is 0. The maximum Gasteiger partial charge on any atom is 0.00406 e. The largest absolute Gasteiger partial charge is 0.402 e. The molecule has 156 valence electrons. The predicted octanol–water partition coefficient (Wildman–Crippen LogP) is 8.92. The van der Waals surface area contributed by atoms with E-state index in [2.05, 4.69) is 20.8 Å². The van der Waals surface area contributed by atoms with Crippen LogP contribution in [0.4, 0.5) is 0 Å². The summed E-state index contributed by atoms with van der Waals surface area (Å²) >= 11 is 0. The van der Waals surface area contributed by atoms with E-state index >= 15 is 0 Å². The van der Waals surface area contributed by atoms with E-state index in [1.54, 1.807) is 0 Å². The topological polar surface area (TPSA) is 26.0 Å². The number of allylic oxidation sites excluding steroid dienone is 2. The molecular weight excluding hydrogens is 314 g/mol. The lowest BCUT2D eigenvalue weighted by Crippen LogP contribution is -2.04. The Hall–Kier alpha value is -0.460. The van der Waals surface area contributed by atoms with Crippen molar-refractivity contribution in [3.63, 3.8) is 0 Å². The van der Waals surface area contributed by atoms with E-state index in [4.69, 9.17) is 5.73 Å². The van der Waals surface area contributed by atoms with Gasteiger partial charge in [-0.3, -0.25) is 0 Å². The second-order valence-electron chi connectivity index (χ2n) is 8.71. The van der Waals surface area contributed by atoms with Gasteiger partial charge in [0, 0.05) is 5.70 Å². The number of unbranched alkanes of at least 4 members (excludes halogenated alkanes) is 16. The molecule has 0 aliphatic carbocycles. The van der Waals surface area contributed by atoms with E-state index < -0.39 is 0 Å². The molecule has 0 spiro atoms. The van der Waals surface area contributed by atoms with Crippen molar-refractivity contribution >= 4 is 0 Å². The quantitative estimate of drug-likeness (QED) is 0.227. The minimum atomic E-state index is 0.663.